The second-order valence-corrected chi connectivity index (χ2v) is 6.32. The molecule has 128 valence electrons. The van der Waals surface area contributed by atoms with E-state index >= 15 is 0 Å². The molecule has 0 saturated heterocycles. The fraction of sp³-hybridized carbons (Fsp3) is 0.250. The molecule has 0 radical (unpaired) electrons. The van der Waals surface area contributed by atoms with E-state index in [1.165, 1.54) is 0 Å². The van der Waals surface area contributed by atoms with Gasteiger partial charge in [0.2, 0.25) is 0 Å². The Morgan fingerprint density at radius 3 is 2.71 bits per heavy atom. The van der Waals surface area contributed by atoms with Crippen molar-refractivity contribution in [3.05, 3.63) is 57.5 Å². The molecule has 1 heterocycles. The standard InChI is InChI=1S/C16H18Cl2N4O2/c1-8(3-4-10-5-6-11(17)12(18)7-10)20-15(23)14-13(19)9(2)21-16(24)22-14/h5-8H,2-4,19H2,1H3,(H,20,23)(H2,21,22,24)/t8-/m0/s1. The maximum atomic E-state index is 12.2. The van der Waals surface area contributed by atoms with Crippen molar-refractivity contribution in [3.63, 3.8) is 0 Å². The molecule has 0 unspecified atom stereocenters. The summed E-state index contributed by atoms with van der Waals surface area (Å²) in [4.78, 5) is 23.7. The van der Waals surface area contributed by atoms with Crippen LogP contribution in [0.1, 0.15) is 18.9 Å². The van der Waals surface area contributed by atoms with Crippen LogP contribution in [0.4, 0.5) is 4.79 Å². The first-order valence-electron chi connectivity index (χ1n) is 7.29. The number of carbonyl (C=O) groups excluding carboxylic acids is 2. The minimum atomic E-state index is -0.539. The Balaban J connectivity index is 1.94. The molecule has 24 heavy (non-hydrogen) atoms. The monoisotopic (exact) mass is 368 g/mol. The molecule has 1 atom stereocenters. The highest BCUT2D eigenvalue weighted by atomic mass is 35.5. The van der Waals surface area contributed by atoms with Crippen LogP contribution >= 0.6 is 23.2 Å². The van der Waals surface area contributed by atoms with Gasteiger partial charge in [-0.25, -0.2) is 4.79 Å². The summed E-state index contributed by atoms with van der Waals surface area (Å²) in [5, 5.41) is 8.59. The average molecular weight is 369 g/mol. The summed E-state index contributed by atoms with van der Waals surface area (Å²) in [7, 11) is 0. The highest BCUT2D eigenvalue weighted by molar-refractivity contribution is 6.42. The summed E-state index contributed by atoms with van der Waals surface area (Å²) in [5.74, 6) is -0.454. The Morgan fingerprint density at radius 1 is 1.33 bits per heavy atom. The highest BCUT2D eigenvalue weighted by Gasteiger charge is 2.24. The van der Waals surface area contributed by atoms with Gasteiger partial charge in [0, 0.05) is 6.04 Å². The summed E-state index contributed by atoms with van der Waals surface area (Å²) >= 11 is 11.9. The van der Waals surface area contributed by atoms with Crippen molar-refractivity contribution in [2.24, 2.45) is 5.73 Å². The number of amides is 3. The van der Waals surface area contributed by atoms with E-state index in [0.29, 0.717) is 22.9 Å². The Hall–Kier alpha value is -2.18. The summed E-state index contributed by atoms with van der Waals surface area (Å²) in [6.45, 7) is 5.46. The van der Waals surface area contributed by atoms with E-state index in [-0.39, 0.29) is 23.1 Å². The predicted octanol–water partition coefficient (Wildman–Crippen LogP) is 2.43. The van der Waals surface area contributed by atoms with Gasteiger partial charge in [-0.1, -0.05) is 35.8 Å². The topological polar surface area (TPSA) is 96.2 Å². The van der Waals surface area contributed by atoms with Gasteiger partial charge in [-0.15, -0.1) is 0 Å². The van der Waals surface area contributed by atoms with Crippen molar-refractivity contribution >= 4 is 35.1 Å². The molecule has 0 saturated carbocycles. The molecule has 6 nitrogen and oxygen atoms in total. The quantitative estimate of drug-likeness (QED) is 0.642. The molecule has 2 rings (SSSR count). The van der Waals surface area contributed by atoms with Crippen molar-refractivity contribution in [3.8, 4) is 0 Å². The maximum absolute atomic E-state index is 12.2. The molecule has 1 aromatic carbocycles. The summed E-state index contributed by atoms with van der Waals surface area (Å²) < 4.78 is 0. The second-order valence-electron chi connectivity index (χ2n) is 5.51. The number of nitrogens with one attached hydrogen (secondary N) is 3. The van der Waals surface area contributed by atoms with E-state index < -0.39 is 11.9 Å². The molecular weight excluding hydrogens is 351 g/mol. The molecule has 5 N–H and O–H groups in total. The first-order valence-corrected chi connectivity index (χ1v) is 8.05. The van der Waals surface area contributed by atoms with E-state index in [2.05, 4.69) is 22.5 Å². The molecule has 1 aliphatic heterocycles. The number of urea groups is 1. The van der Waals surface area contributed by atoms with E-state index in [1.807, 2.05) is 13.0 Å². The van der Waals surface area contributed by atoms with Crippen molar-refractivity contribution in [1.82, 2.24) is 16.0 Å². The van der Waals surface area contributed by atoms with Crippen LogP contribution in [0, 0.1) is 0 Å². The molecule has 0 aromatic heterocycles. The summed E-state index contributed by atoms with van der Waals surface area (Å²) in [6, 6.07) is 4.76. The van der Waals surface area contributed by atoms with Crippen LogP contribution in [0.2, 0.25) is 10.0 Å². The third-order valence-electron chi connectivity index (χ3n) is 3.55. The van der Waals surface area contributed by atoms with Gasteiger partial charge in [0.05, 0.1) is 21.4 Å². The average Bonchev–Trinajstić information content (AvgIpc) is 2.52. The lowest BCUT2D eigenvalue weighted by atomic mass is 10.1. The zero-order valence-electron chi connectivity index (χ0n) is 13.1. The van der Waals surface area contributed by atoms with Crippen molar-refractivity contribution < 1.29 is 9.59 Å². The van der Waals surface area contributed by atoms with Gasteiger partial charge in [-0.2, -0.15) is 0 Å². The van der Waals surface area contributed by atoms with Gasteiger partial charge in [0.15, 0.2) is 0 Å². The number of halogens is 2. The lowest BCUT2D eigenvalue weighted by molar-refractivity contribution is -0.118. The first-order chi connectivity index (χ1) is 11.3. The van der Waals surface area contributed by atoms with Gasteiger partial charge in [0.1, 0.15) is 5.70 Å². The van der Waals surface area contributed by atoms with Crippen molar-refractivity contribution in [2.45, 2.75) is 25.8 Å². The number of nitrogens with two attached hydrogens (primary N) is 1. The van der Waals surface area contributed by atoms with E-state index in [4.69, 9.17) is 28.9 Å². The molecule has 0 fully saturated rings. The number of hydrogen-bond acceptors (Lipinski definition) is 3. The second kappa shape index (κ2) is 7.59. The van der Waals surface area contributed by atoms with Crippen LogP contribution in [0.15, 0.2) is 41.9 Å². The molecule has 0 bridgehead atoms. The van der Waals surface area contributed by atoms with E-state index in [0.717, 1.165) is 5.56 Å². The molecule has 3 amide bonds. The molecule has 8 heteroatoms. The Labute approximate surface area is 150 Å². The number of benzene rings is 1. The van der Waals surface area contributed by atoms with Crippen LogP contribution in [-0.2, 0) is 11.2 Å². The SMILES string of the molecule is C=C1NC(=O)NC(C(=O)N[C@@H](C)CCc2ccc(Cl)c(Cl)c2)=C1N. The van der Waals surface area contributed by atoms with Crippen LogP contribution in [0.3, 0.4) is 0 Å². The molecule has 0 aliphatic carbocycles. The minimum absolute atomic E-state index is 0.00476. The number of carbonyl (C=O) groups is 2. The van der Waals surface area contributed by atoms with Crippen LogP contribution in [0.25, 0.3) is 0 Å². The molecular formula is C16H18Cl2N4O2. The van der Waals surface area contributed by atoms with Gasteiger partial charge in [-0.05, 0) is 37.5 Å². The molecule has 0 spiro atoms. The van der Waals surface area contributed by atoms with Crippen molar-refractivity contribution in [2.75, 3.05) is 0 Å². The number of hydrogen-bond donors (Lipinski definition) is 4. The Morgan fingerprint density at radius 2 is 2.04 bits per heavy atom. The van der Waals surface area contributed by atoms with Crippen LogP contribution < -0.4 is 21.7 Å². The van der Waals surface area contributed by atoms with Crippen LogP contribution in [0.5, 0.6) is 0 Å². The first kappa shape index (κ1) is 18.2. The normalized spacial score (nSPS) is 15.6. The highest BCUT2D eigenvalue weighted by Crippen LogP contribution is 2.23. The minimum Gasteiger partial charge on any atom is -0.395 e. The number of aryl methyl sites for hydroxylation is 1. The fourth-order valence-corrected chi connectivity index (χ4v) is 2.51. The van der Waals surface area contributed by atoms with Crippen LogP contribution in [-0.4, -0.2) is 18.0 Å². The fourth-order valence-electron chi connectivity index (χ4n) is 2.19. The summed E-state index contributed by atoms with van der Waals surface area (Å²) in [5.41, 5.74) is 7.11. The van der Waals surface area contributed by atoms with Gasteiger partial charge >= 0.3 is 6.03 Å². The maximum Gasteiger partial charge on any atom is 0.323 e. The third-order valence-corrected chi connectivity index (χ3v) is 4.29. The molecule has 1 aromatic rings. The summed E-state index contributed by atoms with van der Waals surface area (Å²) in [6.07, 6.45) is 1.40. The van der Waals surface area contributed by atoms with Gasteiger partial charge < -0.3 is 21.7 Å². The van der Waals surface area contributed by atoms with Gasteiger partial charge in [0.25, 0.3) is 5.91 Å². The van der Waals surface area contributed by atoms with Gasteiger partial charge in [-0.3, -0.25) is 4.79 Å². The number of rotatable bonds is 5. The smallest absolute Gasteiger partial charge is 0.323 e. The molecule has 1 aliphatic rings. The Kier molecular flexibility index (Phi) is 5.75. The lowest BCUT2D eigenvalue weighted by Crippen LogP contribution is -2.48. The van der Waals surface area contributed by atoms with E-state index in [9.17, 15) is 9.59 Å². The lowest BCUT2D eigenvalue weighted by Gasteiger charge is -2.22. The predicted molar refractivity (Wildman–Crippen MR) is 94.4 cm³/mol. The largest absolute Gasteiger partial charge is 0.395 e. The zero-order valence-corrected chi connectivity index (χ0v) is 14.6. The van der Waals surface area contributed by atoms with Crippen molar-refractivity contribution in [1.29, 1.82) is 0 Å². The van der Waals surface area contributed by atoms with E-state index in [1.54, 1.807) is 12.1 Å². The zero-order chi connectivity index (χ0) is 17.9. The third kappa shape index (κ3) is 4.43. The Bertz CT molecular complexity index is 731.